The lowest BCUT2D eigenvalue weighted by molar-refractivity contribution is -0.157. The van der Waals surface area contributed by atoms with E-state index in [1.54, 1.807) is 45.0 Å². The largest absolute Gasteiger partial charge is 0.460 e. The second-order valence-corrected chi connectivity index (χ2v) is 7.95. The summed E-state index contributed by atoms with van der Waals surface area (Å²) < 4.78 is 26.0. The van der Waals surface area contributed by atoms with Crippen LogP contribution in [0.25, 0.3) is 0 Å². The van der Waals surface area contributed by atoms with Crippen molar-refractivity contribution in [3.05, 3.63) is 71.8 Å². The summed E-state index contributed by atoms with van der Waals surface area (Å²) in [6.45, 7) is 6.70. The molecule has 0 aliphatic carbocycles. The molecule has 0 aromatic heterocycles. The van der Waals surface area contributed by atoms with Crippen molar-refractivity contribution in [3.63, 3.8) is 0 Å². The summed E-state index contributed by atoms with van der Waals surface area (Å²) in [6.07, 6.45) is -0.125. The van der Waals surface area contributed by atoms with Gasteiger partial charge >= 0.3 is 5.97 Å². The minimum Gasteiger partial charge on any atom is -0.460 e. The molecule has 0 saturated heterocycles. The predicted octanol–water partition coefficient (Wildman–Crippen LogP) is 2.29. The van der Waals surface area contributed by atoms with Crippen molar-refractivity contribution in [2.75, 3.05) is 0 Å². The molecule has 0 unspecified atom stereocenters. The van der Waals surface area contributed by atoms with E-state index in [0.29, 0.717) is 0 Å². The molecule has 0 heterocycles. The molecule has 0 saturated carbocycles. The molecule has 7 nitrogen and oxygen atoms in total. The second-order valence-electron chi connectivity index (χ2n) is 7.95. The third-order valence-corrected chi connectivity index (χ3v) is 3.94. The van der Waals surface area contributed by atoms with Crippen LogP contribution in [0.2, 0.25) is 6.82 Å². The molecule has 0 spiro atoms. The molecular weight excluding hydrogens is 440 g/mol. The first-order valence-electron chi connectivity index (χ1n) is 12.0. The fourth-order valence-corrected chi connectivity index (χ4v) is 2.53. The molecule has 0 fully saturated rings. The summed E-state index contributed by atoms with van der Waals surface area (Å²) in [4.78, 5) is 34.1. The highest BCUT2D eigenvalue weighted by Crippen LogP contribution is 2.16. The molecule has 4 radical (unpaired) electrons. The van der Waals surface area contributed by atoms with Gasteiger partial charge in [0, 0.05) is 9.75 Å². The van der Waals surface area contributed by atoms with Crippen molar-refractivity contribution in [1.82, 2.24) is 0 Å². The Bertz CT molecular complexity index is 948. The van der Waals surface area contributed by atoms with E-state index in [1.807, 2.05) is 36.4 Å². The highest BCUT2D eigenvalue weighted by Gasteiger charge is 2.24. The highest BCUT2D eigenvalue weighted by molar-refractivity contribution is 6.05. The number of benzene rings is 2. The van der Waals surface area contributed by atoms with Gasteiger partial charge in [0.25, 0.3) is 0 Å². The summed E-state index contributed by atoms with van der Waals surface area (Å²) in [5, 5.41) is 0. The van der Waals surface area contributed by atoms with Crippen molar-refractivity contribution in [2.24, 2.45) is 23.1 Å². The van der Waals surface area contributed by atoms with Gasteiger partial charge in [0.1, 0.15) is 5.60 Å². The molecule has 2 atom stereocenters. The van der Waals surface area contributed by atoms with Gasteiger partial charge in [0.15, 0.2) is 0 Å². The van der Waals surface area contributed by atoms with Crippen molar-refractivity contribution < 1.29 is 21.9 Å². The van der Waals surface area contributed by atoms with Crippen molar-refractivity contribution >= 4 is 34.0 Å². The van der Waals surface area contributed by atoms with Gasteiger partial charge in [-0.15, -0.1) is 0 Å². The first-order chi connectivity index (χ1) is 17.1. The zero-order valence-electron chi connectivity index (χ0n) is 23.4. The Hall–Kier alpha value is -3.06. The van der Waals surface area contributed by atoms with Crippen LogP contribution in [-0.2, 0) is 32.0 Å². The van der Waals surface area contributed by atoms with Gasteiger partial charge < -0.3 is 21.9 Å². The number of nitrogens with two attached hydrogens (primary N) is 3. The van der Waals surface area contributed by atoms with Crippen molar-refractivity contribution in [3.8, 4) is 0 Å². The average Bonchev–Trinajstić information content (AvgIpc) is 2.81. The summed E-state index contributed by atoms with van der Waals surface area (Å²) in [5.41, 5.74) is 16.6. The van der Waals surface area contributed by atoms with E-state index in [-0.39, 0.29) is 26.7 Å². The van der Waals surface area contributed by atoms with Crippen LogP contribution >= 0.6 is 0 Å². The number of carbonyl (C=O) groups is 3. The summed E-state index contributed by atoms with van der Waals surface area (Å²) in [7, 11) is 8.25. The van der Waals surface area contributed by atoms with Crippen LogP contribution in [0.5, 0.6) is 0 Å². The fraction of sp³-hybridized carbons (Fsp3) is 0.423. The van der Waals surface area contributed by atoms with E-state index in [4.69, 9.17) is 26.0 Å². The van der Waals surface area contributed by atoms with E-state index in [2.05, 4.69) is 16.2 Å². The summed E-state index contributed by atoms with van der Waals surface area (Å²) in [5.74, 6) is -3.92. The topological polar surface area (TPSA) is 138 Å². The number of ether oxygens (including phenoxy) is 1. The van der Waals surface area contributed by atoms with E-state index in [0.717, 1.165) is 11.1 Å². The molecule has 2 amide bonds. The minimum absolute atomic E-state index is 0. The van der Waals surface area contributed by atoms with Crippen LogP contribution in [-0.4, -0.2) is 47.0 Å². The minimum atomic E-state index is -1.71. The van der Waals surface area contributed by atoms with Crippen LogP contribution in [0, 0.1) is 5.89 Å². The standard InChI is InChI=1S/C15H21NO3.C9H12N2O.CH3B.CH4.BH/c1-15(2,3)19-13(17)10-12(14(16)18)9-11-7-5-4-6-8-11;10-8(9(11)12)6-7-4-2-1-3-5-7;1-2;;/h4-8,12H,9-10H2,1-3H3,(H2,16,18);1-5,8H,6,10H2,(H2,11,12);1H3;1H4;1H/t12-;8-;;;/m10.../s1/i12D;8D;;;1D. The Labute approximate surface area is 218 Å². The number of esters is 1. The van der Waals surface area contributed by atoms with E-state index in [9.17, 15) is 14.4 Å². The first-order valence-corrected chi connectivity index (χ1v) is 10.4. The van der Waals surface area contributed by atoms with Crippen LogP contribution < -0.4 is 17.2 Å². The SMILES string of the molecule is C.[2H][B].[2H][C@](CC(=O)OC(C)(C)C)(Cc1ccccc1)C(N)=O.[2H][C@](N)(Cc1ccccc1)C(N)=O.[B]C. The van der Waals surface area contributed by atoms with E-state index in [1.165, 1.54) is 6.82 Å². The molecule has 2 rings (SSSR count). The number of carbonyl (C=O) groups excluding carboxylic acids is 3. The Kier molecular flexibility index (Phi) is 16.5. The van der Waals surface area contributed by atoms with Crippen LogP contribution in [0.1, 0.15) is 48.5 Å². The summed E-state index contributed by atoms with van der Waals surface area (Å²) >= 11 is 0. The first kappa shape index (κ1) is 30.0. The highest BCUT2D eigenvalue weighted by atomic mass is 16.6. The van der Waals surface area contributed by atoms with Gasteiger partial charge in [-0.2, -0.15) is 0 Å². The van der Waals surface area contributed by atoms with Crippen molar-refractivity contribution in [1.29, 1.82) is 1.34 Å². The number of hydrogen-bond acceptors (Lipinski definition) is 5. The monoisotopic (exact) mass is 484 g/mol. The molecule has 2 aromatic rings. The molecule has 6 N–H and O–H groups in total. The van der Waals surface area contributed by atoms with Crippen LogP contribution in [0.15, 0.2) is 60.7 Å². The van der Waals surface area contributed by atoms with Crippen LogP contribution in [0.4, 0.5) is 0 Å². The molecule has 2 aromatic carbocycles. The fourth-order valence-electron chi connectivity index (χ4n) is 2.53. The van der Waals surface area contributed by atoms with E-state index < -0.39 is 35.3 Å². The lowest BCUT2D eigenvalue weighted by Crippen LogP contribution is -2.38. The quantitative estimate of drug-likeness (QED) is 0.390. The van der Waals surface area contributed by atoms with Gasteiger partial charge in [-0.05, 0) is 46.1 Å². The van der Waals surface area contributed by atoms with Crippen molar-refractivity contribution in [2.45, 2.75) is 65.9 Å². The lowest BCUT2D eigenvalue weighted by Gasteiger charge is -2.21. The Balaban J connectivity index is -0.000000590. The lowest BCUT2D eigenvalue weighted by atomic mass is 9.95. The number of hydrogen-bond donors (Lipinski definition) is 3. The van der Waals surface area contributed by atoms with Crippen LogP contribution in [0.3, 0.4) is 0 Å². The van der Waals surface area contributed by atoms with Gasteiger partial charge in [-0.1, -0.05) is 74.9 Å². The maximum atomic E-state index is 11.8. The predicted molar refractivity (Wildman–Crippen MR) is 146 cm³/mol. The zero-order valence-corrected chi connectivity index (χ0v) is 20.4. The summed E-state index contributed by atoms with van der Waals surface area (Å²) in [6, 6.07) is 16.5. The molecular formula is C26H41B2N3O4. The smallest absolute Gasteiger partial charge is 0.307 e. The van der Waals surface area contributed by atoms with Gasteiger partial charge in [0.05, 0.1) is 27.5 Å². The molecule has 190 valence electrons. The maximum absolute atomic E-state index is 11.8. The number of primary amides is 2. The molecule has 9 heteroatoms. The maximum Gasteiger partial charge on any atom is 0.307 e. The zero-order chi connectivity index (χ0) is 29.3. The van der Waals surface area contributed by atoms with E-state index >= 15 is 0 Å². The normalized spacial score (nSPS) is 14.1. The third kappa shape index (κ3) is 18.0. The second kappa shape index (κ2) is 19.3. The Morgan fingerprint density at radius 3 is 1.66 bits per heavy atom. The third-order valence-electron chi connectivity index (χ3n) is 3.94. The number of rotatable bonds is 8. The Morgan fingerprint density at radius 1 is 0.914 bits per heavy atom. The molecule has 0 aliphatic rings. The number of amides is 2. The van der Waals surface area contributed by atoms with Gasteiger partial charge in [-0.3, -0.25) is 14.4 Å². The molecule has 0 bridgehead atoms. The van der Waals surface area contributed by atoms with Gasteiger partial charge in [-0.25, -0.2) is 0 Å². The molecule has 0 aliphatic heterocycles. The molecule has 35 heavy (non-hydrogen) atoms. The Morgan fingerprint density at radius 2 is 1.31 bits per heavy atom. The van der Waals surface area contributed by atoms with Gasteiger partial charge in [0.2, 0.25) is 11.8 Å². The average molecular weight is 484 g/mol.